The van der Waals surface area contributed by atoms with Gasteiger partial charge in [0.15, 0.2) is 0 Å². The van der Waals surface area contributed by atoms with E-state index in [4.69, 9.17) is 4.74 Å². The first kappa shape index (κ1) is 13.9. The van der Waals surface area contributed by atoms with Crippen molar-refractivity contribution in [2.45, 2.75) is 40.2 Å². The van der Waals surface area contributed by atoms with Gasteiger partial charge in [0.2, 0.25) is 0 Å². The minimum absolute atomic E-state index is 0.350. The van der Waals surface area contributed by atoms with Gasteiger partial charge in [0.1, 0.15) is 0 Å². The maximum absolute atomic E-state index is 5.54. The smallest absolute Gasteiger partial charge is 0.0593 e. The molecule has 1 heterocycles. The fraction of sp³-hybridized carbons (Fsp3) is 1.00. The van der Waals surface area contributed by atoms with Crippen molar-refractivity contribution in [3.8, 4) is 0 Å². The van der Waals surface area contributed by atoms with Crippen LogP contribution in [-0.4, -0.2) is 50.3 Å². The summed E-state index contributed by atoms with van der Waals surface area (Å²) in [6.45, 7) is 15.3. The maximum Gasteiger partial charge on any atom is 0.0593 e. The van der Waals surface area contributed by atoms with Gasteiger partial charge in [0.25, 0.3) is 0 Å². The van der Waals surface area contributed by atoms with Crippen molar-refractivity contribution in [3.63, 3.8) is 0 Å². The molecule has 0 bridgehead atoms. The summed E-state index contributed by atoms with van der Waals surface area (Å²) in [5, 5.41) is 3.61. The van der Waals surface area contributed by atoms with E-state index in [-0.39, 0.29) is 0 Å². The van der Waals surface area contributed by atoms with Crippen LogP contribution >= 0.6 is 0 Å². The molecule has 1 rings (SSSR count). The average Bonchev–Trinajstić information content (AvgIpc) is 2.24. The van der Waals surface area contributed by atoms with Crippen LogP contribution in [0.15, 0.2) is 0 Å². The van der Waals surface area contributed by atoms with E-state index in [2.05, 4.69) is 37.9 Å². The Bertz CT molecular complexity index is 189. The number of hydrogen-bond donors (Lipinski definition) is 1. The summed E-state index contributed by atoms with van der Waals surface area (Å²) in [5.41, 5.74) is 0.350. The summed E-state index contributed by atoms with van der Waals surface area (Å²) >= 11 is 0. The van der Waals surface area contributed by atoms with E-state index in [0.29, 0.717) is 11.5 Å². The molecule has 0 saturated carbocycles. The predicted molar refractivity (Wildman–Crippen MR) is 68.8 cm³/mol. The Morgan fingerprint density at radius 2 is 2.06 bits per heavy atom. The predicted octanol–water partition coefficient (Wildman–Crippen LogP) is 1.73. The Labute approximate surface area is 101 Å². The average molecular weight is 228 g/mol. The van der Waals surface area contributed by atoms with Gasteiger partial charge in [-0.25, -0.2) is 0 Å². The number of ether oxygens (including phenoxy) is 1. The Balaban J connectivity index is 2.23. The van der Waals surface area contributed by atoms with Crippen LogP contribution in [0.25, 0.3) is 0 Å². The molecule has 96 valence electrons. The van der Waals surface area contributed by atoms with Crippen LogP contribution in [0.1, 0.15) is 34.1 Å². The van der Waals surface area contributed by atoms with Gasteiger partial charge in [-0.05, 0) is 11.8 Å². The summed E-state index contributed by atoms with van der Waals surface area (Å²) in [6.07, 6.45) is 1.12. The summed E-state index contributed by atoms with van der Waals surface area (Å²) in [7, 11) is 0. The van der Waals surface area contributed by atoms with Crippen LogP contribution < -0.4 is 5.32 Å². The van der Waals surface area contributed by atoms with Crippen molar-refractivity contribution in [1.82, 2.24) is 10.2 Å². The molecule has 3 nitrogen and oxygen atoms in total. The number of hydrogen-bond acceptors (Lipinski definition) is 3. The van der Waals surface area contributed by atoms with Gasteiger partial charge in [0.05, 0.1) is 6.61 Å². The van der Waals surface area contributed by atoms with E-state index in [9.17, 15) is 0 Å². The molecule has 0 aromatic heterocycles. The summed E-state index contributed by atoms with van der Waals surface area (Å²) < 4.78 is 5.54. The van der Waals surface area contributed by atoms with Crippen molar-refractivity contribution >= 4 is 0 Å². The molecule has 0 radical (unpaired) electrons. The topological polar surface area (TPSA) is 24.5 Å². The summed E-state index contributed by atoms with van der Waals surface area (Å²) in [4.78, 5) is 2.52. The lowest BCUT2D eigenvalue weighted by Crippen LogP contribution is -2.56. The lowest BCUT2D eigenvalue weighted by molar-refractivity contribution is 0.0766. The maximum atomic E-state index is 5.54. The third-order valence-corrected chi connectivity index (χ3v) is 3.21. The Kier molecular flexibility index (Phi) is 5.73. The van der Waals surface area contributed by atoms with E-state index < -0.39 is 0 Å². The van der Waals surface area contributed by atoms with Crippen molar-refractivity contribution in [2.24, 2.45) is 5.41 Å². The van der Waals surface area contributed by atoms with Gasteiger partial charge < -0.3 is 10.1 Å². The zero-order valence-electron chi connectivity index (χ0n) is 11.4. The highest BCUT2D eigenvalue weighted by molar-refractivity contribution is 4.87. The molecule has 16 heavy (non-hydrogen) atoms. The molecule has 0 aromatic rings. The minimum Gasteiger partial charge on any atom is -0.380 e. The summed E-state index contributed by atoms with van der Waals surface area (Å²) in [5.74, 6) is 0. The lowest BCUT2D eigenvalue weighted by Gasteiger charge is -2.40. The van der Waals surface area contributed by atoms with Crippen LogP contribution in [0, 0.1) is 5.41 Å². The van der Waals surface area contributed by atoms with E-state index in [1.54, 1.807) is 0 Å². The van der Waals surface area contributed by atoms with Gasteiger partial charge in [0, 0.05) is 38.8 Å². The van der Waals surface area contributed by atoms with E-state index >= 15 is 0 Å². The third-order valence-electron chi connectivity index (χ3n) is 3.21. The zero-order valence-corrected chi connectivity index (χ0v) is 11.4. The monoisotopic (exact) mass is 228 g/mol. The Hall–Kier alpha value is -0.120. The standard InChI is InChI=1S/C13H28N2O/c1-5-9-16-10-8-15-7-6-14-12(11-15)13(2,3)4/h12,14H,5-11H2,1-4H3. The van der Waals surface area contributed by atoms with Crippen LogP contribution in [0.2, 0.25) is 0 Å². The summed E-state index contributed by atoms with van der Waals surface area (Å²) in [6, 6.07) is 0.604. The third kappa shape index (κ3) is 4.81. The molecule has 1 N–H and O–H groups in total. The van der Waals surface area contributed by atoms with Gasteiger partial charge in [-0.15, -0.1) is 0 Å². The van der Waals surface area contributed by atoms with Crippen molar-refractivity contribution in [1.29, 1.82) is 0 Å². The van der Waals surface area contributed by atoms with Gasteiger partial charge in [-0.1, -0.05) is 27.7 Å². The van der Waals surface area contributed by atoms with Gasteiger partial charge in [-0.2, -0.15) is 0 Å². The second-order valence-corrected chi connectivity index (χ2v) is 5.79. The molecular weight excluding hydrogens is 200 g/mol. The Morgan fingerprint density at radius 3 is 2.69 bits per heavy atom. The lowest BCUT2D eigenvalue weighted by atomic mass is 9.85. The normalized spacial score (nSPS) is 23.6. The second-order valence-electron chi connectivity index (χ2n) is 5.79. The molecule has 0 spiro atoms. The van der Waals surface area contributed by atoms with Gasteiger partial charge >= 0.3 is 0 Å². The van der Waals surface area contributed by atoms with Gasteiger partial charge in [-0.3, -0.25) is 4.90 Å². The fourth-order valence-corrected chi connectivity index (χ4v) is 2.03. The highest BCUT2D eigenvalue weighted by Gasteiger charge is 2.28. The zero-order chi connectivity index (χ0) is 12.0. The molecule has 1 aliphatic rings. The molecule has 0 amide bonds. The number of piperazine rings is 1. The molecule has 1 atom stereocenters. The highest BCUT2D eigenvalue weighted by Crippen LogP contribution is 2.21. The van der Waals surface area contributed by atoms with E-state index in [1.807, 2.05) is 0 Å². The first-order valence-electron chi connectivity index (χ1n) is 6.57. The van der Waals surface area contributed by atoms with Crippen molar-refractivity contribution < 1.29 is 4.74 Å². The van der Waals surface area contributed by atoms with E-state index in [0.717, 1.165) is 45.8 Å². The molecule has 1 unspecified atom stereocenters. The van der Waals surface area contributed by atoms with Crippen LogP contribution in [-0.2, 0) is 4.74 Å². The van der Waals surface area contributed by atoms with E-state index in [1.165, 1.54) is 0 Å². The molecule has 1 fully saturated rings. The molecule has 0 aliphatic carbocycles. The highest BCUT2D eigenvalue weighted by atomic mass is 16.5. The molecular formula is C13H28N2O. The van der Waals surface area contributed by atoms with Crippen LogP contribution in [0.5, 0.6) is 0 Å². The SMILES string of the molecule is CCCOCCN1CCNC(C(C)(C)C)C1. The molecule has 1 aliphatic heterocycles. The number of nitrogens with one attached hydrogen (secondary N) is 1. The van der Waals surface area contributed by atoms with Crippen LogP contribution in [0.3, 0.4) is 0 Å². The number of nitrogens with zero attached hydrogens (tertiary/aromatic N) is 1. The first-order chi connectivity index (χ1) is 7.54. The molecule has 1 saturated heterocycles. The molecule has 3 heteroatoms. The largest absolute Gasteiger partial charge is 0.380 e. The Morgan fingerprint density at radius 1 is 1.31 bits per heavy atom. The first-order valence-corrected chi connectivity index (χ1v) is 6.57. The van der Waals surface area contributed by atoms with Crippen molar-refractivity contribution in [2.75, 3.05) is 39.4 Å². The van der Waals surface area contributed by atoms with Crippen molar-refractivity contribution in [3.05, 3.63) is 0 Å². The quantitative estimate of drug-likeness (QED) is 0.725. The molecule has 0 aromatic carbocycles. The minimum atomic E-state index is 0.350. The fourth-order valence-electron chi connectivity index (χ4n) is 2.03. The van der Waals surface area contributed by atoms with Crippen LogP contribution in [0.4, 0.5) is 0 Å². The second kappa shape index (κ2) is 6.58. The number of rotatable bonds is 5.